The van der Waals surface area contributed by atoms with Gasteiger partial charge >= 0.3 is 0 Å². The van der Waals surface area contributed by atoms with Crippen LogP contribution in [-0.4, -0.2) is 11.0 Å². The number of carbonyl (C=O) groups is 1. The van der Waals surface area contributed by atoms with Gasteiger partial charge in [0, 0.05) is 5.25 Å². The van der Waals surface area contributed by atoms with Crippen molar-refractivity contribution in [2.45, 2.75) is 5.25 Å². The predicted molar refractivity (Wildman–Crippen MR) is 64.8 cm³/mol. The van der Waals surface area contributed by atoms with Crippen LogP contribution in [-0.2, 0) is 4.79 Å². The Hall–Kier alpha value is -1.48. The molecule has 0 spiro atoms. The van der Waals surface area contributed by atoms with Crippen LogP contribution in [0, 0.1) is 5.92 Å². The average Bonchev–Trinajstić information content (AvgIpc) is 2.90. The number of carbonyl (C=O) groups excluding carboxylic acids is 1. The second-order valence-corrected chi connectivity index (χ2v) is 4.99. The fourth-order valence-electron chi connectivity index (χ4n) is 1.91. The van der Waals surface area contributed by atoms with Crippen molar-refractivity contribution in [3.05, 3.63) is 53.4 Å². The minimum atomic E-state index is 0.0104. The first-order valence-electron chi connectivity index (χ1n) is 5.16. The number of allylic oxidation sites excluding steroid dienone is 4. The molecular formula is C13H10O2S. The number of hydrogen-bond acceptors (Lipinski definition) is 3. The summed E-state index contributed by atoms with van der Waals surface area (Å²) >= 11 is 1.61. The number of furan rings is 1. The summed E-state index contributed by atoms with van der Waals surface area (Å²) in [4.78, 5) is 12.8. The summed E-state index contributed by atoms with van der Waals surface area (Å²) in [6.07, 6.45) is 11.4. The van der Waals surface area contributed by atoms with Crippen LogP contribution in [0.5, 0.6) is 0 Å². The molecule has 1 aliphatic carbocycles. The number of hydrogen-bond donors (Lipinski definition) is 0. The number of ketones is 1. The molecule has 0 amide bonds. The average molecular weight is 230 g/mol. The molecule has 0 radical (unpaired) electrons. The van der Waals surface area contributed by atoms with Crippen LogP contribution in [0.15, 0.2) is 52.0 Å². The Morgan fingerprint density at radius 3 is 2.94 bits per heavy atom. The van der Waals surface area contributed by atoms with Crippen LogP contribution >= 0.6 is 11.8 Å². The highest BCUT2D eigenvalue weighted by atomic mass is 32.2. The highest BCUT2D eigenvalue weighted by Crippen LogP contribution is 2.42. The fraction of sp³-hybridized carbons (Fsp3) is 0.154. The molecule has 2 heterocycles. The van der Waals surface area contributed by atoms with Gasteiger partial charge in [-0.25, -0.2) is 0 Å². The van der Waals surface area contributed by atoms with E-state index < -0.39 is 0 Å². The van der Waals surface area contributed by atoms with Crippen LogP contribution in [0.2, 0.25) is 0 Å². The molecule has 3 rings (SSSR count). The highest BCUT2D eigenvalue weighted by molar-refractivity contribution is 8.05. The molecule has 1 aliphatic heterocycles. The van der Waals surface area contributed by atoms with Gasteiger partial charge in [0.25, 0.3) is 0 Å². The van der Waals surface area contributed by atoms with Gasteiger partial charge in [-0.2, -0.15) is 0 Å². The van der Waals surface area contributed by atoms with E-state index in [4.69, 9.17) is 4.42 Å². The van der Waals surface area contributed by atoms with Crippen LogP contribution in [0.4, 0.5) is 0 Å². The van der Waals surface area contributed by atoms with E-state index in [1.54, 1.807) is 18.0 Å². The van der Waals surface area contributed by atoms with E-state index in [0.29, 0.717) is 0 Å². The molecular weight excluding hydrogens is 220 g/mol. The Kier molecular flexibility index (Phi) is 2.33. The molecule has 80 valence electrons. The Labute approximate surface area is 97.7 Å². The summed E-state index contributed by atoms with van der Waals surface area (Å²) in [6, 6.07) is 3.68. The molecule has 1 aromatic rings. The van der Waals surface area contributed by atoms with Gasteiger partial charge in [0.05, 0.1) is 17.1 Å². The second-order valence-electron chi connectivity index (χ2n) is 3.77. The molecule has 1 fully saturated rings. The first kappa shape index (κ1) is 9.73. The van der Waals surface area contributed by atoms with Crippen LogP contribution in [0.3, 0.4) is 0 Å². The largest absolute Gasteiger partial charge is 0.465 e. The van der Waals surface area contributed by atoms with E-state index in [9.17, 15) is 4.79 Å². The molecule has 0 aromatic carbocycles. The molecule has 3 heteroatoms. The normalized spacial score (nSPS) is 30.0. The molecule has 2 aliphatic rings. The monoisotopic (exact) mass is 230 g/mol. The minimum absolute atomic E-state index is 0.0104. The molecule has 2 atom stereocenters. The van der Waals surface area contributed by atoms with Crippen molar-refractivity contribution in [2.75, 3.05) is 0 Å². The summed E-state index contributed by atoms with van der Waals surface area (Å²) in [5, 5.41) is 0.263. The van der Waals surface area contributed by atoms with Gasteiger partial charge in [0.2, 0.25) is 0 Å². The third kappa shape index (κ3) is 1.57. The van der Waals surface area contributed by atoms with Gasteiger partial charge in [-0.05, 0) is 18.2 Å². The number of thioether (sulfide) groups is 1. The zero-order valence-corrected chi connectivity index (χ0v) is 9.31. The lowest BCUT2D eigenvalue weighted by Crippen LogP contribution is -2.15. The zero-order valence-electron chi connectivity index (χ0n) is 8.50. The topological polar surface area (TPSA) is 30.2 Å². The van der Waals surface area contributed by atoms with E-state index in [2.05, 4.69) is 6.08 Å². The summed E-state index contributed by atoms with van der Waals surface area (Å²) in [7, 11) is 0. The van der Waals surface area contributed by atoms with Crippen molar-refractivity contribution < 1.29 is 9.21 Å². The lowest BCUT2D eigenvalue weighted by atomic mass is 9.96. The third-order valence-electron chi connectivity index (χ3n) is 2.71. The lowest BCUT2D eigenvalue weighted by molar-refractivity contribution is -0.116. The fourth-order valence-corrected chi connectivity index (χ4v) is 3.17. The summed E-state index contributed by atoms with van der Waals surface area (Å²) in [5.41, 5.74) is 0. The zero-order chi connectivity index (χ0) is 11.0. The standard InChI is InChI=1S/C13H10O2S/c14-13-10-5-1-2-6-11(10)16-12(13)8-9-4-3-7-15-9/h1-8,10-11H/b12-8+. The molecule has 2 unspecified atom stereocenters. The van der Waals surface area contributed by atoms with Crippen molar-refractivity contribution in [3.8, 4) is 0 Å². The van der Waals surface area contributed by atoms with Crippen molar-refractivity contribution in [2.24, 2.45) is 5.92 Å². The number of rotatable bonds is 1. The van der Waals surface area contributed by atoms with Gasteiger partial charge in [-0.1, -0.05) is 24.3 Å². The summed E-state index contributed by atoms with van der Waals surface area (Å²) < 4.78 is 5.22. The Morgan fingerprint density at radius 2 is 2.19 bits per heavy atom. The maximum absolute atomic E-state index is 12.1. The summed E-state index contributed by atoms with van der Waals surface area (Å²) in [5.74, 6) is 0.950. The predicted octanol–water partition coefficient (Wildman–Crippen LogP) is 3.05. The van der Waals surface area contributed by atoms with Gasteiger partial charge in [-0.15, -0.1) is 11.8 Å². The molecule has 1 saturated heterocycles. The first-order chi connectivity index (χ1) is 7.84. The van der Waals surface area contributed by atoms with Gasteiger partial charge in [-0.3, -0.25) is 4.79 Å². The van der Waals surface area contributed by atoms with Crippen molar-refractivity contribution in [1.82, 2.24) is 0 Å². The van der Waals surface area contributed by atoms with E-state index in [-0.39, 0.29) is 17.0 Å². The highest BCUT2D eigenvalue weighted by Gasteiger charge is 2.36. The van der Waals surface area contributed by atoms with Crippen LogP contribution in [0.25, 0.3) is 6.08 Å². The number of fused-ring (bicyclic) bond motifs is 1. The Bertz CT molecular complexity index is 494. The SMILES string of the molecule is O=C1/C(=C\c2ccco2)SC2C=CC=CC12. The quantitative estimate of drug-likeness (QED) is 0.695. The smallest absolute Gasteiger partial charge is 0.177 e. The van der Waals surface area contributed by atoms with Crippen molar-refractivity contribution in [3.63, 3.8) is 0 Å². The number of Topliss-reactive ketones (excluding diaryl/α,β-unsaturated/α-hetero) is 1. The van der Waals surface area contributed by atoms with Gasteiger partial charge < -0.3 is 4.42 Å². The van der Waals surface area contributed by atoms with Crippen molar-refractivity contribution in [1.29, 1.82) is 0 Å². The van der Waals surface area contributed by atoms with E-state index in [0.717, 1.165) is 10.7 Å². The maximum atomic E-state index is 12.1. The summed E-state index contributed by atoms with van der Waals surface area (Å²) in [6.45, 7) is 0. The molecule has 0 bridgehead atoms. The van der Waals surface area contributed by atoms with Crippen LogP contribution in [0.1, 0.15) is 5.76 Å². The molecule has 2 nitrogen and oxygen atoms in total. The van der Waals surface area contributed by atoms with Crippen LogP contribution < -0.4 is 0 Å². The Balaban J connectivity index is 1.92. The van der Waals surface area contributed by atoms with Gasteiger partial charge in [0.15, 0.2) is 5.78 Å². The molecule has 0 N–H and O–H groups in total. The van der Waals surface area contributed by atoms with E-state index >= 15 is 0 Å². The van der Waals surface area contributed by atoms with Gasteiger partial charge in [0.1, 0.15) is 5.76 Å². The molecule has 0 saturated carbocycles. The molecule has 1 aromatic heterocycles. The minimum Gasteiger partial charge on any atom is -0.465 e. The van der Waals surface area contributed by atoms with E-state index in [1.807, 2.05) is 36.4 Å². The van der Waals surface area contributed by atoms with Crippen molar-refractivity contribution >= 4 is 23.6 Å². The van der Waals surface area contributed by atoms with E-state index in [1.165, 1.54) is 0 Å². The lowest BCUT2D eigenvalue weighted by Gasteiger charge is -2.10. The first-order valence-corrected chi connectivity index (χ1v) is 6.03. The maximum Gasteiger partial charge on any atom is 0.177 e. The molecule has 16 heavy (non-hydrogen) atoms. The third-order valence-corrected chi connectivity index (χ3v) is 4.00. The Morgan fingerprint density at radius 1 is 1.31 bits per heavy atom. The second kappa shape index (κ2) is 3.83.